The number of halogens is 4. The molecule has 0 aliphatic heterocycles. The summed E-state index contributed by atoms with van der Waals surface area (Å²) in [6.07, 6.45) is -4.32. The average Bonchev–Trinajstić information content (AvgIpc) is 2.26. The summed E-state index contributed by atoms with van der Waals surface area (Å²) in [7, 11) is 0. The minimum atomic E-state index is -4.32. The molecule has 0 saturated heterocycles. The molecule has 0 atom stereocenters. The molecule has 0 bridgehead atoms. The van der Waals surface area contributed by atoms with Gasteiger partial charge in [0.15, 0.2) is 0 Å². The van der Waals surface area contributed by atoms with Crippen molar-refractivity contribution in [2.24, 2.45) is 11.1 Å². The van der Waals surface area contributed by atoms with Gasteiger partial charge in [0.1, 0.15) is 0 Å². The maximum Gasteiger partial charge on any atom is 0.416 e. The molecule has 1 rings (SSSR count). The van der Waals surface area contributed by atoms with Crippen molar-refractivity contribution in [1.29, 1.82) is 0 Å². The van der Waals surface area contributed by atoms with Crippen LogP contribution in [0.25, 0.3) is 0 Å². The van der Waals surface area contributed by atoms with Gasteiger partial charge in [-0.25, -0.2) is 0 Å². The van der Waals surface area contributed by atoms with E-state index in [1.54, 1.807) is 0 Å². The van der Waals surface area contributed by atoms with Crippen molar-refractivity contribution in [2.75, 3.05) is 18.4 Å². The third-order valence-corrected chi connectivity index (χ3v) is 3.26. The topological polar surface area (TPSA) is 38.0 Å². The van der Waals surface area contributed by atoms with E-state index in [-0.39, 0.29) is 5.41 Å². The predicted octanol–water partition coefficient (Wildman–Crippen LogP) is 3.86. The van der Waals surface area contributed by atoms with E-state index in [0.717, 1.165) is 12.1 Å². The van der Waals surface area contributed by atoms with Crippen molar-refractivity contribution in [2.45, 2.75) is 20.0 Å². The lowest BCUT2D eigenvalue weighted by Gasteiger charge is -2.24. The number of rotatable bonds is 4. The highest BCUT2D eigenvalue weighted by atomic mass is 79.9. The predicted molar refractivity (Wildman–Crippen MR) is 70.5 cm³/mol. The summed E-state index contributed by atoms with van der Waals surface area (Å²) in [5.41, 5.74) is 5.44. The van der Waals surface area contributed by atoms with Crippen molar-refractivity contribution >= 4 is 21.6 Å². The van der Waals surface area contributed by atoms with Crippen LogP contribution in [0.2, 0.25) is 0 Å². The van der Waals surface area contributed by atoms with Gasteiger partial charge >= 0.3 is 6.18 Å². The van der Waals surface area contributed by atoms with E-state index in [1.807, 2.05) is 13.8 Å². The number of alkyl halides is 3. The number of nitrogens with one attached hydrogen (secondary N) is 1. The molecule has 0 heterocycles. The Bertz CT molecular complexity index is 416. The van der Waals surface area contributed by atoms with Crippen LogP contribution in [0, 0.1) is 5.41 Å². The quantitative estimate of drug-likeness (QED) is 0.882. The summed E-state index contributed by atoms with van der Waals surface area (Å²) in [6, 6.07) is 3.54. The van der Waals surface area contributed by atoms with E-state index < -0.39 is 11.7 Å². The zero-order valence-corrected chi connectivity index (χ0v) is 11.8. The first kappa shape index (κ1) is 15.3. The highest BCUT2D eigenvalue weighted by Crippen LogP contribution is 2.34. The van der Waals surface area contributed by atoms with Gasteiger partial charge in [-0.2, -0.15) is 13.2 Å². The third-order valence-electron chi connectivity index (χ3n) is 2.61. The van der Waals surface area contributed by atoms with Crippen LogP contribution in [-0.4, -0.2) is 13.1 Å². The van der Waals surface area contributed by atoms with Gasteiger partial charge in [-0.1, -0.05) is 13.8 Å². The van der Waals surface area contributed by atoms with Crippen LogP contribution >= 0.6 is 15.9 Å². The molecule has 0 spiro atoms. The molecule has 0 aliphatic rings. The van der Waals surface area contributed by atoms with Crippen LogP contribution in [0.1, 0.15) is 19.4 Å². The number of nitrogens with two attached hydrogens (primary N) is 1. The van der Waals surface area contributed by atoms with Gasteiger partial charge in [-0.3, -0.25) is 0 Å². The normalized spacial score (nSPS) is 12.6. The summed E-state index contributed by atoms with van der Waals surface area (Å²) >= 11 is 3.14. The van der Waals surface area contributed by atoms with Crippen LogP contribution in [-0.2, 0) is 6.18 Å². The van der Waals surface area contributed by atoms with Crippen LogP contribution in [0.15, 0.2) is 22.7 Å². The number of anilines is 1. The zero-order chi connectivity index (χ0) is 14.0. The molecule has 0 aromatic heterocycles. The molecular formula is C12H16BrF3N2. The fourth-order valence-electron chi connectivity index (χ4n) is 1.24. The van der Waals surface area contributed by atoms with Crippen molar-refractivity contribution in [1.82, 2.24) is 0 Å². The molecule has 1 aromatic carbocycles. The molecule has 0 radical (unpaired) electrons. The van der Waals surface area contributed by atoms with Gasteiger partial charge < -0.3 is 11.1 Å². The second-order valence-electron chi connectivity index (χ2n) is 4.91. The van der Waals surface area contributed by atoms with E-state index in [9.17, 15) is 13.2 Å². The summed E-state index contributed by atoms with van der Waals surface area (Å²) in [5, 5.41) is 3.09. The molecule has 0 aliphatic carbocycles. The first-order valence-electron chi connectivity index (χ1n) is 5.46. The molecule has 2 nitrogen and oxygen atoms in total. The van der Waals surface area contributed by atoms with Crippen molar-refractivity contribution in [3.05, 3.63) is 28.2 Å². The number of benzene rings is 1. The Balaban J connectivity index is 2.81. The highest BCUT2D eigenvalue weighted by Gasteiger charge is 2.30. The van der Waals surface area contributed by atoms with E-state index in [4.69, 9.17) is 5.73 Å². The molecular weight excluding hydrogens is 309 g/mol. The Morgan fingerprint density at radius 3 is 2.33 bits per heavy atom. The molecule has 0 fully saturated rings. The molecule has 3 N–H and O–H groups in total. The molecule has 18 heavy (non-hydrogen) atoms. The lowest BCUT2D eigenvalue weighted by molar-refractivity contribution is -0.137. The molecule has 0 saturated carbocycles. The van der Waals surface area contributed by atoms with Crippen LogP contribution in [0.3, 0.4) is 0 Å². The minimum absolute atomic E-state index is 0.109. The third kappa shape index (κ3) is 4.17. The Kier molecular flexibility index (Phi) is 4.66. The standard InChI is InChI=1S/C12H16BrF3N2/c1-11(2,6-17)7-18-10-4-3-8(5-9(10)13)12(14,15)16/h3-5,18H,6-7,17H2,1-2H3. The smallest absolute Gasteiger partial charge is 0.384 e. The van der Waals surface area contributed by atoms with E-state index in [0.29, 0.717) is 23.2 Å². The van der Waals surface area contributed by atoms with E-state index >= 15 is 0 Å². The largest absolute Gasteiger partial charge is 0.416 e. The van der Waals surface area contributed by atoms with Gasteiger partial charge in [-0.15, -0.1) is 0 Å². The Labute approximate surface area is 113 Å². The molecule has 0 amide bonds. The molecule has 102 valence electrons. The maximum atomic E-state index is 12.5. The number of hydrogen-bond acceptors (Lipinski definition) is 2. The van der Waals surface area contributed by atoms with Crippen molar-refractivity contribution in [3.63, 3.8) is 0 Å². The monoisotopic (exact) mass is 324 g/mol. The van der Waals surface area contributed by atoms with Crippen LogP contribution < -0.4 is 11.1 Å². The fourth-order valence-corrected chi connectivity index (χ4v) is 1.76. The molecule has 6 heteroatoms. The molecule has 1 aromatic rings. The first-order valence-corrected chi connectivity index (χ1v) is 6.26. The minimum Gasteiger partial charge on any atom is -0.384 e. The summed E-state index contributed by atoms with van der Waals surface area (Å²) in [6.45, 7) is 5.06. The van der Waals surface area contributed by atoms with Crippen molar-refractivity contribution in [3.8, 4) is 0 Å². The first-order chi connectivity index (χ1) is 8.15. The maximum absolute atomic E-state index is 12.5. The highest BCUT2D eigenvalue weighted by molar-refractivity contribution is 9.10. The Morgan fingerprint density at radius 2 is 1.89 bits per heavy atom. The van der Waals surface area contributed by atoms with Crippen LogP contribution in [0.4, 0.5) is 18.9 Å². The summed E-state index contributed by atoms with van der Waals surface area (Å²) < 4.78 is 37.8. The fraction of sp³-hybridized carbons (Fsp3) is 0.500. The second kappa shape index (κ2) is 5.48. The van der Waals surface area contributed by atoms with Gasteiger partial charge in [0, 0.05) is 16.7 Å². The molecule has 0 unspecified atom stereocenters. The lowest BCUT2D eigenvalue weighted by Crippen LogP contribution is -2.31. The zero-order valence-electron chi connectivity index (χ0n) is 10.2. The van der Waals surface area contributed by atoms with Crippen LogP contribution in [0.5, 0.6) is 0 Å². The average molecular weight is 325 g/mol. The number of hydrogen-bond donors (Lipinski definition) is 2. The Morgan fingerprint density at radius 1 is 1.28 bits per heavy atom. The summed E-state index contributed by atoms with van der Waals surface area (Å²) in [4.78, 5) is 0. The SMILES string of the molecule is CC(C)(CN)CNc1ccc(C(F)(F)F)cc1Br. The Hall–Kier alpha value is -0.750. The van der Waals surface area contributed by atoms with E-state index in [2.05, 4.69) is 21.2 Å². The van der Waals surface area contributed by atoms with Gasteiger partial charge in [0.25, 0.3) is 0 Å². The van der Waals surface area contributed by atoms with Gasteiger partial charge in [-0.05, 0) is 46.1 Å². The van der Waals surface area contributed by atoms with Gasteiger partial charge in [0.05, 0.1) is 5.56 Å². The van der Waals surface area contributed by atoms with E-state index in [1.165, 1.54) is 6.07 Å². The lowest BCUT2D eigenvalue weighted by atomic mass is 9.94. The second-order valence-corrected chi connectivity index (χ2v) is 5.77. The summed E-state index contributed by atoms with van der Waals surface area (Å²) in [5.74, 6) is 0. The van der Waals surface area contributed by atoms with Gasteiger partial charge in [0.2, 0.25) is 0 Å². The van der Waals surface area contributed by atoms with Crippen molar-refractivity contribution < 1.29 is 13.2 Å².